The van der Waals surface area contributed by atoms with E-state index in [9.17, 15) is 9.90 Å². The van der Waals surface area contributed by atoms with E-state index in [0.717, 1.165) is 37.1 Å². The van der Waals surface area contributed by atoms with Crippen molar-refractivity contribution in [3.63, 3.8) is 0 Å². The van der Waals surface area contributed by atoms with Gasteiger partial charge in [0.25, 0.3) is 5.91 Å². The molecule has 2 aromatic heterocycles. The number of nitrogens with zero attached hydrogens (tertiary/aromatic N) is 5. The molecule has 1 aliphatic heterocycles. The first kappa shape index (κ1) is 21.5. The molecule has 0 atom stereocenters. The lowest BCUT2D eigenvalue weighted by Crippen LogP contribution is -2.36. The number of pyridine rings is 1. The van der Waals surface area contributed by atoms with Crippen molar-refractivity contribution < 1.29 is 9.90 Å². The minimum absolute atomic E-state index is 0.0511. The summed E-state index contributed by atoms with van der Waals surface area (Å²) in [5, 5.41) is 27.0. The molecule has 0 unspecified atom stereocenters. The zero-order chi connectivity index (χ0) is 22.7. The van der Waals surface area contributed by atoms with E-state index in [2.05, 4.69) is 33.4 Å². The van der Waals surface area contributed by atoms with Crippen molar-refractivity contribution >= 4 is 5.91 Å². The number of nitrogens with one attached hydrogen (secondary N) is 1. The third-order valence-corrected chi connectivity index (χ3v) is 6.01. The first-order valence-corrected chi connectivity index (χ1v) is 10.7. The van der Waals surface area contributed by atoms with Crippen LogP contribution >= 0.6 is 0 Å². The Kier molecular flexibility index (Phi) is 6.19. The van der Waals surface area contributed by atoms with Gasteiger partial charge in [-0.05, 0) is 81.2 Å². The van der Waals surface area contributed by atoms with Crippen molar-refractivity contribution in [3.8, 4) is 28.9 Å². The third-order valence-electron chi connectivity index (χ3n) is 6.01. The van der Waals surface area contributed by atoms with Crippen molar-refractivity contribution in [2.45, 2.75) is 19.8 Å². The summed E-state index contributed by atoms with van der Waals surface area (Å²) in [6.07, 6.45) is 5.24. The molecule has 1 saturated heterocycles. The quantitative estimate of drug-likeness (QED) is 0.645. The van der Waals surface area contributed by atoms with E-state index in [4.69, 9.17) is 5.26 Å². The largest absolute Gasteiger partial charge is 0.493 e. The predicted octanol–water partition coefficient (Wildman–Crippen LogP) is 2.89. The monoisotopic (exact) mass is 430 g/mol. The zero-order valence-corrected chi connectivity index (χ0v) is 18.2. The summed E-state index contributed by atoms with van der Waals surface area (Å²) in [6.45, 7) is 4.67. The number of benzene rings is 1. The van der Waals surface area contributed by atoms with Gasteiger partial charge in [0.05, 0.1) is 29.0 Å². The number of aryl methyl sites for hydroxylation is 1. The molecule has 0 saturated carbocycles. The van der Waals surface area contributed by atoms with E-state index < -0.39 is 0 Å². The predicted molar refractivity (Wildman–Crippen MR) is 120 cm³/mol. The molecule has 164 valence electrons. The lowest BCUT2D eigenvalue weighted by Gasteiger charge is -2.28. The van der Waals surface area contributed by atoms with Gasteiger partial charge < -0.3 is 15.3 Å². The Morgan fingerprint density at radius 1 is 1.22 bits per heavy atom. The number of hydrogen-bond donors (Lipinski definition) is 2. The van der Waals surface area contributed by atoms with Crippen LogP contribution in [0, 0.1) is 24.2 Å². The number of nitriles is 1. The minimum atomic E-state index is -0.151. The van der Waals surface area contributed by atoms with Crippen LogP contribution in [0.5, 0.6) is 5.88 Å². The Balaban J connectivity index is 1.45. The van der Waals surface area contributed by atoms with Crippen LogP contribution < -0.4 is 5.32 Å². The standard InChI is InChI=1S/C24H26N6O2/c1-16-11-18(12-25)3-5-20(16)21-15-28-30(24(21)32)22-6-4-19(14-26-22)23(31)27-13-17-7-9-29(2)10-8-17/h3-6,11,14-15,17,32H,7-10,13H2,1-2H3,(H,27,31). The molecule has 4 rings (SSSR count). The van der Waals surface area contributed by atoms with Gasteiger partial charge in [-0.25, -0.2) is 4.98 Å². The fourth-order valence-electron chi connectivity index (χ4n) is 3.99. The summed E-state index contributed by atoms with van der Waals surface area (Å²) in [7, 11) is 2.12. The Morgan fingerprint density at radius 2 is 2.00 bits per heavy atom. The van der Waals surface area contributed by atoms with Crippen LogP contribution in [-0.4, -0.2) is 57.4 Å². The highest BCUT2D eigenvalue weighted by Crippen LogP contribution is 2.33. The van der Waals surface area contributed by atoms with E-state index >= 15 is 0 Å². The van der Waals surface area contributed by atoms with Gasteiger partial charge >= 0.3 is 0 Å². The summed E-state index contributed by atoms with van der Waals surface area (Å²) in [6, 6.07) is 10.7. The van der Waals surface area contributed by atoms with E-state index in [1.807, 2.05) is 6.92 Å². The molecule has 0 radical (unpaired) electrons. The average molecular weight is 431 g/mol. The maximum Gasteiger partial charge on any atom is 0.252 e. The number of amides is 1. The number of likely N-dealkylation sites (tertiary alicyclic amines) is 1. The third kappa shape index (κ3) is 4.48. The Labute approximate surface area is 187 Å². The Hall–Kier alpha value is -3.70. The molecule has 3 aromatic rings. The first-order valence-electron chi connectivity index (χ1n) is 10.7. The number of piperidine rings is 1. The minimum Gasteiger partial charge on any atom is -0.493 e. The molecule has 8 heteroatoms. The normalized spacial score (nSPS) is 14.8. The molecule has 1 fully saturated rings. The molecule has 0 aliphatic carbocycles. The summed E-state index contributed by atoms with van der Waals surface area (Å²) in [5.74, 6) is 0.714. The summed E-state index contributed by atoms with van der Waals surface area (Å²) >= 11 is 0. The number of hydrogen-bond acceptors (Lipinski definition) is 6. The summed E-state index contributed by atoms with van der Waals surface area (Å²) in [5.41, 5.74) is 3.23. The van der Waals surface area contributed by atoms with Crippen molar-refractivity contribution in [2.24, 2.45) is 5.92 Å². The highest BCUT2D eigenvalue weighted by atomic mass is 16.3. The van der Waals surface area contributed by atoms with E-state index in [1.165, 1.54) is 10.9 Å². The van der Waals surface area contributed by atoms with Gasteiger partial charge in [0.1, 0.15) is 0 Å². The van der Waals surface area contributed by atoms with Crippen molar-refractivity contribution in [3.05, 3.63) is 59.4 Å². The second-order valence-corrected chi connectivity index (χ2v) is 8.30. The molecular formula is C24H26N6O2. The molecule has 1 aromatic carbocycles. The van der Waals surface area contributed by atoms with Crippen LogP contribution in [0.25, 0.3) is 16.9 Å². The van der Waals surface area contributed by atoms with Gasteiger partial charge in [-0.15, -0.1) is 0 Å². The number of aromatic nitrogens is 3. The lowest BCUT2D eigenvalue weighted by atomic mass is 9.97. The molecule has 0 spiro atoms. The van der Waals surface area contributed by atoms with Crippen LogP contribution in [0.4, 0.5) is 0 Å². The van der Waals surface area contributed by atoms with Gasteiger partial charge in [0.2, 0.25) is 5.88 Å². The van der Waals surface area contributed by atoms with Crippen LogP contribution in [0.15, 0.2) is 42.7 Å². The highest BCUT2D eigenvalue weighted by Gasteiger charge is 2.19. The van der Waals surface area contributed by atoms with Crippen LogP contribution in [0.3, 0.4) is 0 Å². The SMILES string of the molecule is Cc1cc(C#N)ccc1-c1cnn(-c2ccc(C(=O)NCC3CCN(C)CC3)cn2)c1O. The van der Waals surface area contributed by atoms with Gasteiger partial charge in [-0.1, -0.05) is 6.07 Å². The average Bonchev–Trinajstić information content (AvgIpc) is 3.19. The molecule has 8 nitrogen and oxygen atoms in total. The molecule has 1 amide bonds. The number of aromatic hydroxyl groups is 1. The van der Waals surface area contributed by atoms with Crippen molar-refractivity contribution in [1.29, 1.82) is 5.26 Å². The molecule has 0 bridgehead atoms. The van der Waals surface area contributed by atoms with E-state index in [0.29, 0.717) is 35.0 Å². The molecule has 32 heavy (non-hydrogen) atoms. The fraction of sp³-hybridized carbons (Fsp3) is 0.333. The fourth-order valence-corrected chi connectivity index (χ4v) is 3.99. The van der Waals surface area contributed by atoms with Crippen LogP contribution in [0.1, 0.15) is 34.3 Å². The zero-order valence-electron chi connectivity index (χ0n) is 18.2. The number of rotatable bonds is 5. The molecule has 3 heterocycles. The van der Waals surface area contributed by atoms with Gasteiger partial charge in [-0.3, -0.25) is 4.79 Å². The van der Waals surface area contributed by atoms with Gasteiger partial charge in [0, 0.05) is 12.7 Å². The van der Waals surface area contributed by atoms with Gasteiger partial charge in [0.15, 0.2) is 5.82 Å². The second-order valence-electron chi connectivity index (χ2n) is 8.30. The summed E-state index contributed by atoms with van der Waals surface area (Å²) < 4.78 is 1.33. The van der Waals surface area contributed by atoms with Crippen LogP contribution in [0.2, 0.25) is 0 Å². The second kappa shape index (κ2) is 9.20. The Morgan fingerprint density at radius 3 is 2.66 bits per heavy atom. The number of carbonyl (C=O) groups is 1. The molecule has 1 aliphatic rings. The van der Waals surface area contributed by atoms with Crippen molar-refractivity contribution in [1.82, 2.24) is 25.0 Å². The molecular weight excluding hydrogens is 404 g/mol. The molecule has 2 N–H and O–H groups in total. The van der Waals surface area contributed by atoms with E-state index in [-0.39, 0.29) is 11.8 Å². The van der Waals surface area contributed by atoms with Gasteiger partial charge in [-0.2, -0.15) is 15.0 Å². The maximum absolute atomic E-state index is 12.5. The lowest BCUT2D eigenvalue weighted by molar-refractivity contribution is 0.0938. The maximum atomic E-state index is 12.5. The first-order chi connectivity index (χ1) is 15.5. The Bertz CT molecular complexity index is 1150. The highest BCUT2D eigenvalue weighted by molar-refractivity contribution is 5.93. The smallest absolute Gasteiger partial charge is 0.252 e. The van der Waals surface area contributed by atoms with E-state index in [1.54, 1.807) is 36.5 Å². The number of carbonyl (C=O) groups excluding carboxylic acids is 1. The van der Waals surface area contributed by atoms with Crippen LogP contribution in [-0.2, 0) is 0 Å². The van der Waals surface area contributed by atoms with Crippen molar-refractivity contribution in [2.75, 3.05) is 26.7 Å². The topological polar surface area (TPSA) is 107 Å². The summed E-state index contributed by atoms with van der Waals surface area (Å²) in [4.78, 5) is 19.1.